The molecule has 0 radical (unpaired) electrons. The standard InChI is InChI=1S/C29H32O6/c1-4-32-27-16-22(33-18-20-8-6-5-7-9-20)11-12-23(27)25(31)19-34-28-21(17-30)10-13-26-24(28)14-15-29(2,3)35-26/h5-13,16,30H,4,14-15,17-19H2,1-3H3. The van der Waals surface area contributed by atoms with Crippen molar-refractivity contribution < 1.29 is 28.8 Å². The van der Waals surface area contributed by atoms with Gasteiger partial charge in [-0.15, -0.1) is 0 Å². The summed E-state index contributed by atoms with van der Waals surface area (Å²) < 4.78 is 23.7. The highest BCUT2D eigenvalue weighted by molar-refractivity contribution is 6.00. The van der Waals surface area contributed by atoms with Crippen molar-refractivity contribution in [2.75, 3.05) is 13.2 Å². The second-order valence-electron chi connectivity index (χ2n) is 9.13. The number of Topliss-reactive ketones (excluding diaryl/α,β-unsaturated/α-hetero) is 1. The van der Waals surface area contributed by atoms with Gasteiger partial charge >= 0.3 is 0 Å². The molecule has 3 aromatic carbocycles. The maximum atomic E-state index is 13.1. The molecule has 0 saturated carbocycles. The van der Waals surface area contributed by atoms with E-state index in [0.29, 0.717) is 41.6 Å². The van der Waals surface area contributed by atoms with Crippen molar-refractivity contribution in [3.63, 3.8) is 0 Å². The summed E-state index contributed by atoms with van der Waals surface area (Å²) in [5.41, 5.74) is 2.73. The maximum absolute atomic E-state index is 13.1. The van der Waals surface area contributed by atoms with Gasteiger partial charge in [-0.1, -0.05) is 30.3 Å². The van der Waals surface area contributed by atoms with E-state index in [1.807, 2.05) is 57.2 Å². The summed E-state index contributed by atoms with van der Waals surface area (Å²) in [5.74, 6) is 2.11. The third kappa shape index (κ3) is 5.95. The van der Waals surface area contributed by atoms with Crippen molar-refractivity contribution in [3.8, 4) is 23.0 Å². The highest BCUT2D eigenvalue weighted by Crippen LogP contribution is 2.40. The molecule has 0 bridgehead atoms. The Hall–Kier alpha value is -3.51. The van der Waals surface area contributed by atoms with E-state index in [4.69, 9.17) is 18.9 Å². The first-order chi connectivity index (χ1) is 16.9. The van der Waals surface area contributed by atoms with Crippen LogP contribution in [0.3, 0.4) is 0 Å². The number of aliphatic hydroxyl groups excluding tert-OH is 1. The van der Waals surface area contributed by atoms with Crippen molar-refractivity contribution in [2.24, 2.45) is 0 Å². The van der Waals surface area contributed by atoms with Crippen molar-refractivity contribution in [1.29, 1.82) is 0 Å². The smallest absolute Gasteiger partial charge is 0.203 e. The van der Waals surface area contributed by atoms with Gasteiger partial charge in [-0.2, -0.15) is 0 Å². The van der Waals surface area contributed by atoms with Crippen LogP contribution in [0.2, 0.25) is 0 Å². The molecule has 4 rings (SSSR count). The monoisotopic (exact) mass is 476 g/mol. The van der Waals surface area contributed by atoms with Gasteiger partial charge in [0.2, 0.25) is 5.78 Å². The van der Waals surface area contributed by atoms with E-state index in [9.17, 15) is 9.90 Å². The zero-order valence-electron chi connectivity index (χ0n) is 20.5. The number of carbonyl (C=O) groups excluding carboxylic acids is 1. The van der Waals surface area contributed by atoms with Gasteiger partial charge in [0.1, 0.15) is 35.2 Å². The lowest BCUT2D eigenvalue weighted by Crippen LogP contribution is -2.33. The molecule has 0 amide bonds. The lowest BCUT2D eigenvalue weighted by molar-refractivity contribution is 0.0813. The Morgan fingerprint density at radius 3 is 2.57 bits per heavy atom. The van der Waals surface area contributed by atoms with Crippen LogP contribution in [0.25, 0.3) is 0 Å². The summed E-state index contributed by atoms with van der Waals surface area (Å²) in [5, 5.41) is 9.84. The summed E-state index contributed by atoms with van der Waals surface area (Å²) >= 11 is 0. The average Bonchev–Trinajstić information content (AvgIpc) is 2.86. The molecule has 3 aromatic rings. The summed E-state index contributed by atoms with van der Waals surface area (Å²) in [6.45, 7) is 6.43. The van der Waals surface area contributed by atoms with Crippen LogP contribution in [0.15, 0.2) is 60.7 Å². The molecule has 1 N–H and O–H groups in total. The molecule has 1 aliphatic heterocycles. The van der Waals surface area contributed by atoms with E-state index in [0.717, 1.165) is 29.7 Å². The first-order valence-electron chi connectivity index (χ1n) is 11.9. The third-order valence-corrected chi connectivity index (χ3v) is 5.98. The maximum Gasteiger partial charge on any atom is 0.203 e. The topological polar surface area (TPSA) is 74.2 Å². The Morgan fingerprint density at radius 1 is 1.03 bits per heavy atom. The molecule has 0 unspecified atom stereocenters. The summed E-state index contributed by atoms with van der Waals surface area (Å²) in [7, 11) is 0. The van der Waals surface area contributed by atoms with Crippen molar-refractivity contribution in [1.82, 2.24) is 0 Å². The Balaban J connectivity index is 1.50. The van der Waals surface area contributed by atoms with E-state index in [-0.39, 0.29) is 24.6 Å². The van der Waals surface area contributed by atoms with Crippen LogP contribution in [0.1, 0.15) is 54.2 Å². The average molecular weight is 477 g/mol. The van der Waals surface area contributed by atoms with Crippen LogP contribution in [-0.2, 0) is 19.6 Å². The molecule has 0 atom stereocenters. The van der Waals surface area contributed by atoms with E-state index >= 15 is 0 Å². The normalized spacial score (nSPS) is 13.9. The summed E-state index contributed by atoms with van der Waals surface area (Å²) in [6.07, 6.45) is 1.56. The number of rotatable bonds is 10. The van der Waals surface area contributed by atoms with Crippen LogP contribution in [0, 0.1) is 0 Å². The Bertz CT molecular complexity index is 1170. The Kier molecular flexibility index (Phi) is 7.61. The minimum Gasteiger partial charge on any atom is -0.493 e. The van der Waals surface area contributed by atoms with Gasteiger partial charge in [-0.3, -0.25) is 4.79 Å². The second kappa shape index (κ2) is 10.8. The van der Waals surface area contributed by atoms with Gasteiger partial charge in [0.25, 0.3) is 0 Å². The Labute approximate surface area is 206 Å². The number of carbonyl (C=O) groups is 1. The van der Waals surface area contributed by atoms with Gasteiger partial charge in [0, 0.05) is 17.2 Å². The van der Waals surface area contributed by atoms with Crippen molar-refractivity contribution >= 4 is 5.78 Å². The number of ketones is 1. The molecule has 1 heterocycles. The predicted octanol–water partition coefficient (Wildman–Crippen LogP) is 5.52. The number of hydrogen-bond donors (Lipinski definition) is 1. The molecule has 6 nitrogen and oxygen atoms in total. The number of ether oxygens (including phenoxy) is 4. The number of benzene rings is 3. The van der Waals surface area contributed by atoms with E-state index < -0.39 is 0 Å². The highest BCUT2D eigenvalue weighted by Gasteiger charge is 2.30. The van der Waals surface area contributed by atoms with Crippen LogP contribution in [0.5, 0.6) is 23.0 Å². The van der Waals surface area contributed by atoms with Crippen molar-refractivity contribution in [2.45, 2.75) is 52.4 Å². The number of hydrogen-bond acceptors (Lipinski definition) is 6. The summed E-state index contributed by atoms with van der Waals surface area (Å²) in [4.78, 5) is 13.1. The van der Waals surface area contributed by atoms with Crippen LogP contribution >= 0.6 is 0 Å². The molecular formula is C29H32O6. The molecule has 184 valence electrons. The van der Waals surface area contributed by atoms with Gasteiger partial charge in [-0.25, -0.2) is 0 Å². The molecule has 0 aromatic heterocycles. The van der Waals surface area contributed by atoms with Gasteiger partial charge in [0.05, 0.1) is 18.8 Å². The molecule has 0 fully saturated rings. The molecule has 6 heteroatoms. The number of aliphatic hydroxyl groups is 1. The van der Waals surface area contributed by atoms with E-state index in [2.05, 4.69) is 0 Å². The van der Waals surface area contributed by atoms with Crippen LogP contribution < -0.4 is 18.9 Å². The largest absolute Gasteiger partial charge is 0.493 e. The number of fused-ring (bicyclic) bond motifs is 1. The molecule has 0 spiro atoms. The minimum atomic E-state index is -0.266. The zero-order chi connectivity index (χ0) is 24.8. The van der Waals surface area contributed by atoms with Gasteiger partial charge in [0.15, 0.2) is 6.61 Å². The first kappa shape index (κ1) is 24.6. The van der Waals surface area contributed by atoms with Crippen molar-refractivity contribution in [3.05, 3.63) is 82.9 Å². The third-order valence-electron chi connectivity index (χ3n) is 5.98. The second-order valence-corrected chi connectivity index (χ2v) is 9.13. The summed E-state index contributed by atoms with van der Waals surface area (Å²) in [6, 6.07) is 18.7. The lowest BCUT2D eigenvalue weighted by atomic mass is 9.92. The molecule has 0 saturated heterocycles. The van der Waals surface area contributed by atoms with E-state index in [1.165, 1.54) is 0 Å². The molecular weight excluding hydrogens is 444 g/mol. The lowest BCUT2D eigenvalue weighted by Gasteiger charge is -2.33. The fourth-order valence-electron chi connectivity index (χ4n) is 4.12. The quantitative estimate of drug-likeness (QED) is 0.388. The van der Waals surface area contributed by atoms with Crippen LogP contribution in [-0.4, -0.2) is 29.7 Å². The van der Waals surface area contributed by atoms with Gasteiger partial charge in [-0.05, 0) is 63.4 Å². The minimum absolute atomic E-state index is 0.183. The van der Waals surface area contributed by atoms with E-state index in [1.54, 1.807) is 24.3 Å². The predicted molar refractivity (Wildman–Crippen MR) is 134 cm³/mol. The fourth-order valence-corrected chi connectivity index (χ4v) is 4.12. The molecule has 0 aliphatic carbocycles. The van der Waals surface area contributed by atoms with Crippen LogP contribution in [0.4, 0.5) is 0 Å². The fraction of sp³-hybridized carbons (Fsp3) is 0.345. The Morgan fingerprint density at radius 2 is 1.83 bits per heavy atom. The SMILES string of the molecule is CCOc1cc(OCc2ccccc2)ccc1C(=O)COc1c(CO)ccc2c1CCC(C)(C)O2. The first-order valence-corrected chi connectivity index (χ1v) is 11.9. The van der Waals surface area contributed by atoms with Gasteiger partial charge < -0.3 is 24.1 Å². The molecule has 35 heavy (non-hydrogen) atoms. The highest BCUT2D eigenvalue weighted by atomic mass is 16.5. The molecule has 1 aliphatic rings. The zero-order valence-corrected chi connectivity index (χ0v) is 20.5.